The number of carbonyl (C=O) groups is 1. The number of aryl methyl sites for hydroxylation is 1. The lowest BCUT2D eigenvalue weighted by Crippen LogP contribution is -1.96. The van der Waals surface area contributed by atoms with Crippen LogP contribution in [0.25, 0.3) is 0 Å². The Morgan fingerprint density at radius 3 is 3.06 bits per heavy atom. The molecule has 0 unspecified atom stereocenters. The van der Waals surface area contributed by atoms with Gasteiger partial charge in [0.15, 0.2) is 12.4 Å². The predicted octanol–water partition coefficient (Wildman–Crippen LogP) is 2.02. The smallest absolute Gasteiger partial charge is 0.264 e. The summed E-state index contributed by atoms with van der Waals surface area (Å²) in [6.45, 7) is 2.15. The zero-order valence-electron chi connectivity index (χ0n) is 9.42. The van der Waals surface area contributed by atoms with E-state index in [4.69, 9.17) is 9.26 Å². The Labute approximate surface area is 98.4 Å². The van der Waals surface area contributed by atoms with E-state index in [0.29, 0.717) is 23.0 Å². The Hall–Kier alpha value is -2.17. The summed E-state index contributed by atoms with van der Waals surface area (Å²) in [6.07, 6.45) is 1.50. The third-order valence-electron chi connectivity index (χ3n) is 2.18. The fourth-order valence-corrected chi connectivity index (χ4v) is 1.32. The average molecular weight is 232 g/mol. The summed E-state index contributed by atoms with van der Waals surface area (Å²) in [4.78, 5) is 14.7. The number of benzene rings is 1. The molecule has 0 aliphatic carbocycles. The standard InChI is InChI=1S/C12H12N2O3/c1-2-11-13-12(17-14-11)8-16-10-5-3-4-9(6-10)7-15/h3-7H,2,8H2,1H3. The molecule has 2 aromatic rings. The minimum absolute atomic E-state index is 0.204. The molecule has 0 amide bonds. The first-order valence-electron chi connectivity index (χ1n) is 5.31. The number of aromatic nitrogens is 2. The van der Waals surface area contributed by atoms with Crippen molar-refractivity contribution in [2.24, 2.45) is 0 Å². The molecule has 0 N–H and O–H groups in total. The molecule has 0 aliphatic heterocycles. The van der Waals surface area contributed by atoms with Crippen molar-refractivity contribution in [2.75, 3.05) is 0 Å². The molecule has 0 atom stereocenters. The van der Waals surface area contributed by atoms with Gasteiger partial charge in [-0.15, -0.1) is 0 Å². The molecule has 0 radical (unpaired) electrons. The quantitative estimate of drug-likeness (QED) is 0.738. The van der Waals surface area contributed by atoms with E-state index in [-0.39, 0.29) is 6.61 Å². The SMILES string of the molecule is CCc1noc(COc2cccc(C=O)c2)n1. The molecular weight excluding hydrogens is 220 g/mol. The molecule has 1 aromatic carbocycles. The maximum Gasteiger partial charge on any atom is 0.264 e. The summed E-state index contributed by atoms with van der Waals surface area (Å²) < 4.78 is 10.4. The minimum atomic E-state index is 0.204. The fraction of sp³-hybridized carbons (Fsp3) is 0.250. The van der Waals surface area contributed by atoms with Crippen molar-refractivity contribution in [3.05, 3.63) is 41.5 Å². The predicted molar refractivity (Wildman–Crippen MR) is 59.8 cm³/mol. The lowest BCUT2D eigenvalue weighted by Gasteiger charge is -2.02. The van der Waals surface area contributed by atoms with Crippen LogP contribution in [0, 0.1) is 0 Å². The zero-order valence-corrected chi connectivity index (χ0v) is 9.42. The van der Waals surface area contributed by atoms with Crippen LogP contribution in [0.1, 0.15) is 29.0 Å². The van der Waals surface area contributed by atoms with Gasteiger partial charge in [0.05, 0.1) is 0 Å². The van der Waals surface area contributed by atoms with Gasteiger partial charge in [0, 0.05) is 12.0 Å². The van der Waals surface area contributed by atoms with E-state index < -0.39 is 0 Å². The van der Waals surface area contributed by atoms with Crippen LogP contribution in [0.5, 0.6) is 5.75 Å². The third-order valence-corrected chi connectivity index (χ3v) is 2.18. The summed E-state index contributed by atoms with van der Waals surface area (Å²) in [5.74, 6) is 1.69. The average Bonchev–Trinajstić information content (AvgIpc) is 2.84. The lowest BCUT2D eigenvalue weighted by molar-refractivity contribution is 0.112. The Morgan fingerprint density at radius 1 is 1.47 bits per heavy atom. The van der Waals surface area contributed by atoms with Gasteiger partial charge in [0.2, 0.25) is 0 Å². The number of hydrogen-bond acceptors (Lipinski definition) is 5. The molecule has 2 rings (SSSR count). The fourth-order valence-electron chi connectivity index (χ4n) is 1.32. The van der Waals surface area contributed by atoms with Crippen molar-refractivity contribution in [3.8, 4) is 5.75 Å². The largest absolute Gasteiger partial charge is 0.484 e. The highest BCUT2D eigenvalue weighted by Gasteiger charge is 2.05. The molecule has 88 valence electrons. The van der Waals surface area contributed by atoms with E-state index in [0.717, 1.165) is 12.7 Å². The van der Waals surface area contributed by atoms with E-state index in [9.17, 15) is 4.79 Å². The van der Waals surface area contributed by atoms with E-state index in [2.05, 4.69) is 10.1 Å². The Balaban J connectivity index is 1.99. The van der Waals surface area contributed by atoms with Crippen LogP contribution in [0.2, 0.25) is 0 Å². The number of nitrogens with zero attached hydrogens (tertiary/aromatic N) is 2. The van der Waals surface area contributed by atoms with Crippen molar-refractivity contribution >= 4 is 6.29 Å². The Morgan fingerprint density at radius 2 is 2.35 bits per heavy atom. The highest BCUT2D eigenvalue weighted by atomic mass is 16.5. The summed E-state index contributed by atoms with van der Waals surface area (Å²) in [5.41, 5.74) is 0.572. The van der Waals surface area contributed by atoms with Crippen molar-refractivity contribution in [1.29, 1.82) is 0 Å². The Kier molecular flexibility index (Phi) is 3.49. The van der Waals surface area contributed by atoms with Crippen molar-refractivity contribution in [3.63, 3.8) is 0 Å². The zero-order chi connectivity index (χ0) is 12.1. The highest BCUT2D eigenvalue weighted by Crippen LogP contribution is 2.13. The van der Waals surface area contributed by atoms with Gasteiger partial charge in [-0.05, 0) is 12.1 Å². The van der Waals surface area contributed by atoms with Gasteiger partial charge in [0.25, 0.3) is 5.89 Å². The molecule has 17 heavy (non-hydrogen) atoms. The molecule has 1 aromatic heterocycles. The molecule has 5 heteroatoms. The Bertz CT molecular complexity index is 508. The number of aldehydes is 1. The van der Waals surface area contributed by atoms with E-state index in [1.165, 1.54) is 0 Å². The maximum absolute atomic E-state index is 10.6. The van der Waals surface area contributed by atoms with Crippen molar-refractivity contribution in [2.45, 2.75) is 20.0 Å². The number of carbonyl (C=O) groups excluding carboxylic acids is 1. The van der Waals surface area contributed by atoms with Gasteiger partial charge in [-0.25, -0.2) is 0 Å². The monoisotopic (exact) mass is 232 g/mol. The van der Waals surface area contributed by atoms with Crippen LogP contribution in [0.4, 0.5) is 0 Å². The second-order valence-electron chi connectivity index (χ2n) is 3.44. The van der Waals surface area contributed by atoms with E-state index in [1.54, 1.807) is 24.3 Å². The van der Waals surface area contributed by atoms with Crippen molar-refractivity contribution in [1.82, 2.24) is 10.1 Å². The molecule has 0 fully saturated rings. The topological polar surface area (TPSA) is 65.2 Å². The number of ether oxygens (including phenoxy) is 1. The second-order valence-corrected chi connectivity index (χ2v) is 3.44. The summed E-state index contributed by atoms with van der Waals surface area (Å²) in [6, 6.07) is 6.89. The van der Waals surface area contributed by atoms with E-state index >= 15 is 0 Å². The van der Waals surface area contributed by atoms with Gasteiger partial charge in [-0.3, -0.25) is 4.79 Å². The van der Waals surface area contributed by atoms with Crippen molar-refractivity contribution < 1.29 is 14.1 Å². The van der Waals surface area contributed by atoms with Gasteiger partial charge in [0.1, 0.15) is 12.0 Å². The second kappa shape index (κ2) is 5.25. The van der Waals surface area contributed by atoms with Gasteiger partial charge in [-0.2, -0.15) is 4.98 Å². The molecule has 0 aliphatic rings. The van der Waals surface area contributed by atoms with Crippen LogP contribution in [-0.2, 0) is 13.0 Å². The molecule has 5 nitrogen and oxygen atoms in total. The molecular formula is C12H12N2O3. The number of hydrogen-bond donors (Lipinski definition) is 0. The third kappa shape index (κ3) is 2.90. The van der Waals surface area contributed by atoms with Crippen LogP contribution in [-0.4, -0.2) is 16.4 Å². The van der Waals surface area contributed by atoms with Crippen LogP contribution in [0.15, 0.2) is 28.8 Å². The van der Waals surface area contributed by atoms with Gasteiger partial charge in [-0.1, -0.05) is 24.2 Å². The lowest BCUT2D eigenvalue weighted by atomic mass is 10.2. The summed E-state index contributed by atoms with van der Waals surface area (Å²) in [5, 5.41) is 3.76. The molecule has 1 heterocycles. The molecule has 0 saturated heterocycles. The molecule has 0 spiro atoms. The highest BCUT2D eigenvalue weighted by molar-refractivity contribution is 5.75. The van der Waals surface area contributed by atoms with Crippen LogP contribution < -0.4 is 4.74 Å². The van der Waals surface area contributed by atoms with Gasteiger partial charge >= 0.3 is 0 Å². The van der Waals surface area contributed by atoms with Crippen LogP contribution >= 0.6 is 0 Å². The first-order valence-corrected chi connectivity index (χ1v) is 5.31. The molecule has 0 bridgehead atoms. The number of rotatable bonds is 5. The van der Waals surface area contributed by atoms with Crippen LogP contribution in [0.3, 0.4) is 0 Å². The summed E-state index contributed by atoms with van der Waals surface area (Å²) in [7, 11) is 0. The first kappa shape index (κ1) is 11.3. The first-order chi connectivity index (χ1) is 8.31. The molecule has 0 saturated carbocycles. The van der Waals surface area contributed by atoms with E-state index in [1.807, 2.05) is 6.92 Å². The normalized spacial score (nSPS) is 10.2. The van der Waals surface area contributed by atoms with Gasteiger partial charge < -0.3 is 9.26 Å². The summed E-state index contributed by atoms with van der Waals surface area (Å²) >= 11 is 0. The minimum Gasteiger partial charge on any atom is -0.484 e. The maximum atomic E-state index is 10.6.